The molecule has 0 amide bonds. The van der Waals surface area contributed by atoms with Gasteiger partial charge in [0.05, 0.1) is 13.7 Å². The lowest BCUT2D eigenvalue weighted by Crippen LogP contribution is -2.25. The number of nitrogens with zero attached hydrogens (tertiary/aromatic N) is 2. The van der Waals surface area contributed by atoms with E-state index in [-0.39, 0.29) is 11.4 Å². The van der Waals surface area contributed by atoms with Crippen LogP contribution in [0.25, 0.3) is 0 Å². The van der Waals surface area contributed by atoms with E-state index >= 15 is 0 Å². The number of halogens is 1. The van der Waals surface area contributed by atoms with Gasteiger partial charge in [-0.1, -0.05) is 6.07 Å². The number of rotatable bonds is 5. The maximum Gasteiger partial charge on any atom is 0.267 e. The number of hydrogen-bond donors (Lipinski definition) is 1. The Labute approximate surface area is 109 Å². The summed E-state index contributed by atoms with van der Waals surface area (Å²) in [6, 6.07) is 9.05. The summed E-state index contributed by atoms with van der Waals surface area (Å²) in [6.45, 7) is 0.829. The number of ether oxygens (including phenoxy) is 1. The Morgan fingerprint density at radius 2 is 2.21 bits per heavy atom. The largest absolute Gasteiger partial charge is 0.480 e. The fraction of sp³-hybridized carbons (Fsp3) is 0.231. The van der Waals surface area contributed by atoms with Gasteiger partial charge in [0.15, 0.2) is 0 Å². The Morgan fingerprint density at radius 3 is 2.95 bits per heavy atom. The molecule has 0 saturated carbocycles. The molecule has 5 nitrogen and oxygen atoms in total. The summed E-state index contributed by atoms with van der Waals surface area (Å²) >= 11 is 0. The van der Waals surface area contributed by atoms with E-state index in [1.165, 1.54) is 36.1 Å². The zero-order valence-corrected chi connectivity index (χ0v) is 10.5. The van der Waals surface area contributed by atoms with Gasteiger partial charge in [-0.25, -0.2) is 9.07 Å². The van der Waals surface area contributed by atoms with E-state index in [1.807, 2.05) is 0 Å². The van der Waals surface area contributed by atoms with E-state index in [4.69, 9.17) is 4.74 Å². The van der Waals surface area contributed by atoms with E-state index in [0.717, 1.165) is 0 Å². The summed E-state index contributed by atoms with van der Waals surface area (Å²) in [7, 11) is 1.49. The Balaban J connectivity index is 1.97. The van der Waals surface area contributed by atoms with Crippen molar-refractivity contribution in [2.45, 2.75) is 6.54 Å². The van der Waals surface area contributed by atoms with Crippen LogP contribution in [0.3, 0.4) is 0 Å². The van der Waals surface area contributed by atoms with Crippen LogP contribution in [0.5, 0.6) is 5.88 Å². The summed E-state index contributed by atoms with van der Waals surface area (Å²) < 4.78 is 19.2. The molecule has 1 aromatic carbocycles. The first-order chi connectivity index (χ1) is 9.19. The van der Waals surface area contributed by atoms with Crippen LogP contribution in [0.1, 0.15) is 0 Å². The zero-order valence-electron chi connectivity index (χ0n) is 10.5. The van der Waals surface area contributed by atoms with Crippen LogP contribution >= 0.6 is 0 Å². The summed E-state index contributed by atoms with van der Waals surface area (Å²) in [4.78, 5) is 11.5. The highest BCUT2D eigenvalue weighted by Crippen LogP contribution is 2.08. The van der Waals surface area contributed by atoms with Gasteiger partial charge in [-0.2, -0.15) is 0 Å². The van der Waals surface area contributed by atoms with E-state index < -0.39 is 0 Å². The topological polar surface area (TPSA) is 56.1 Å². The minimum Gasteiger partial charge on any atom is -0.480 e. The Hall–Kier alpha value is -2.37. The van der Waals surface area contributed by atoms with Gasteiger partial charge in [0.1, 0.15) is 5.82 Å². The number of benzene rings is 1. The molecule has 0 aliphatic heterocycles. The van der Waals surface area contributed by atoms with Crippen molar-refractivity contribution in [3.63, 3.8) is 0 Å². The molecule has 0 aliphatic rings. The molecule has 2 rings (SSSR count). The summed E-state index contributed by atoms with van der Waals surface area (Å²) in [5.74, 6) is 0.0760. The van der Waals surface area contributed by atoms with Crippen molar-refractivity contribution >= 4 is 5.69 Å². The van der Waals surface area contributed by atoms with E-state index in [9.17, 15) is 9.18 Å². The van der Waals surface area contributed by atoms with Crippen LogP contribution in [0, 0.1) is 5.82 Å². The average Bonchev–Trinajstić information content (AvgIpc) is 2.41. The van der Waals surface area contributed by atoms with Crippen molar-refractivity contribution in [2.75, 3.05) is 19.0 Å². The number of nitrogens with one attached hydrogen (secondary N) is 1. The van der Waals surface area contributed by atoms with Crippen molar-refractivity contribution in [2.24, 2.45) is 0 Å². The predicted octanol–water partition coefficient (Wildman–Crippen LogP) is 1.50. The molecule has 0 unspecified atom stereocenters. The van der Waals surface area contributed by atoms with E-state index in [2.05, 4.69) is 10.4 Å². The first kappa shape index (κ1) is 13.1. The lowest BCUT2D eigenvalue weighted by molar-refractivity contribution is 0.376. The third-order valence-electron chi connectivity index (χ3n) is 2.53. The standard InChI is InChI=1S/C13H14FN3O2/c1-19-12-5-6-13(18)17(16-12)8-7-15-11-4-2-3-10(14)9-11/h2-6,9,15H,7-8H2,1H3. The second-order valence-electron chi connectivity index (χ2n) is 3.87. The molecule has 0 bridgehead atoms. The minimum atomic E-state index is -0.304. The minimum absolute atomic E-state index is 0.207. The highest BCUT2D eigenvalue weighted by Gasteiger charge is 2.00. The van der Waals surface area contributed by atoms with Crippen LogP contribution in [0.2, 0.25) is 0 Å². The first-order valence-electron chi connectivity index (χ1n) is 5.80. The second kappa shape index (κ2) is 5.99. The number of hydrogen-bond acceptors (Lipinski definition) is 4. The van der Waals surface area contributed by atoms with Crippen LogP contribution in [0.15, 0.2) is 41.2 Å². The third-order valence-corrected chi connectivity index (χ3v) is 2.53. The first-order valence-corrected chi connectivity index (χ1v) is 5.80. The molecule has 100 valence electrons. The van der Waals surface area contributed by atoms with Crippen molar-refractivity contribution in [1.82, 2.24) is 9.78 Å². The molecule has 0 atom stereocenters. The van der Waals surface area contributed by atoms with Gasteiger partial charge in [-0.05, 0) is 18.2 Å². The van der Waals surface area contributed by atoms with Crippen molar-refractivity contribution in [3.8, 4) is 5.88 Å². The number of aromatic nitrogens is 2. The van der Waals surface area contributed by atoms with Crippen molar-refractivity contribution in [3.05, 3.63) is 52.6 Å². The van der Waals surface area contributed by atoms with Gasteiger partial charge < -0.3 is 10.1 Å². The number of methoxy groups -OCH3 is 1. The average molecular weight is 263 g/mol. The summed E-state index contributed by atoms with van der Waals surface area (Å²) in [6.07, 6.45) is 0. The van der Waals surface area contributed by atoms with Gasteiger partial charge in [0, 0.05) is 24.4 Å². The maximum atomic E-state index is 13.0. The normalized spacial score (nSPS) is 10.2. The molecule has 1 N–H and O–H groups in total. The molecule has 0 saturated heterocycles. The molecular weight excluding hydrogens is 249 g/mol. The molecule has 1 heterocycles. The van der Waals surface area contributed by atoms with Gasteiger partial charge in [-0.15, -0.1) is 5.10 Å². The van der Waals surface area contributed by atoms with Gasteiger partial charge in [0.2, 0.25) is 5.88 Å². The van der Waals surface area contributed by atoms with Crippen molar-refractivity contribution in [1.29, 1.82) is 0 Å². The van der Waals surface area contributed by atoms with Gasteiger partial charge >= 0.3 is 0 Å². The van der Waals surface area contributed by atoms with Crippen LogP contribution in [0.4, 0.5) is 10.1 Å². The summed E-state index contributed by atoms with van der Waals surface area (Å²) in [5, 5.41) is 7.03. The van der Waals surface area contributed by atoms with Crippen LogP contribution < -0.4 is 15.6 Å². The third kappa shape index (κ3) is 3.54. The fourth-order valence-electron chi connectivity index (χ4n) is 1.60. The Bertz CT molecular complexity index is 613. The van der Waals surface area contributed by atoms with Crippen LogP contribution in [-0.2, 0) is 6.54 Å². The monoisotopic (exact) mass is 263 g/mol. The predicted molar refractivity (Wildman–Crippen MR) is 69.9 cm³/mol. The molecule has 19 heavy (non-hydrogen) atoms. The molecule has 6 heteroatoms. The molecular formula is C13H14FN3O2. The van der Waals surface area contributed by atoms with Gasteiger partial charge in [0.25, 0.3) is 5.56 Å². The fourth-order valence-corrected chi connectivity index (χ4v) is 1.60. The zero-order chi connectivity index (χ0) is 13.7. The molecule has 0 aliphatic carbocycles. The molecule has 0 radical (unpaired) electrons. The van der Waals surface area contributed by atoms with E-state index in [1.54, 1.807) is 12.1 Å². The van der Waals surface area contributed by atoms with Crippen molar-refractivity contribution < 1.29 is 9.13 Å². The number of anilines is 1. The molecule has 1 aromatic heterocycles. The molecule has 0 fully saturated rings. The second-order valence-corrected chi connectivity index (χ2v) is 3.87. The van der Waals surface area contributed by atoms with Crippen LogP contribution in [-0.4, -0.2) is 23.4 Å². The van der Waals surface area contributed by atoms with E-state index in [0.29, 0.717) is 24.7 Å². The molecule has 2 aromatic rings. The highest BCUT2D eigenvalue weighted by atomic mass is 19.1. The molecule has 0 spiro atoms. The lowest BCUT2D eigenvalue weighted by Gasteiger charge is -2.08. The lowest BCUT2D eigenvalue weighted by atomic mass is 10.3. The Kier molecular flexibility index (Phi) is 4.12. The Morgan fingerprint density at radius 1 is 1.37 bits per heavy atom. The highest BCUT2D eigenvalue weighted by molar-refractivity contribution is 5.42. The van der Waals surface area contributed by atoms with Gasteiger partial charge in [-0.3, -0.25) is 4.79 Å². The maximum absolute atomic E-state index is 13.0. The SMILES string of the molecule is COc1ccc(=O)n(CCNc2cccc(F)c2)n1. The quantitative estimate of drug-likeness (QED) is 0.888. The summed E-state index contributed by atoms with van der Waals surface area (Å²) in [5.41, 5.74) is 0.456. The smallest absolute Gasteiger partial charge is 0.267 e.